The van der Waals surface area contributed by atoms with Crippen LogP contribution in [0.4, 0.5) is 0 Å². The molecule has 1 aromatic carbocycles. The highest BCUT2D eigenvalue weighted by molar-refractivity contribution is 5.18. The predicted octanol–water partition coefficient (Wildman–Crippen LogP) is 0.727. The first-order chi connectivity index (χ1) is 6.29. The lowest BCUT2D eigenvalue weighted by molar-refractivity contribution is -0.0424. The van der Waals surface area contributed by atoms with Crippen LogP contribution >= 0.6 is 0 Å². The Hall–Kier alpha value is -0.900. The van der Waals surface area contributed by atoms with Crippen molar-refractivity contribution in [1.82, 2.24) is 0 Å². The van der Waals surface area contributed by atoms with Crippen LogP contribution in [-0.2, 0) is 4.74 Å². The minimum absolute atomic E-state index is 0.188. The molecule has 0 heterocycles. The third kappa shape index (κ3) is 2.52. The standard InChI is InChI=1S/C10H14O3/c1-13-9(7-11)10(12)8-5-3-2-4-6-8/h2-6,9-12H,7H2,1H3/t9-,10+/m1/s1. The highest BCUT2D eigenvalue weighted by Gasteiger charge is 2.18. The summed E-state index contributed by atoms with van der Waals surface area (Å²) in [5, 5.41) is 18.6. The molecule has 0 amide bonds. The summed E-state index contributed by atoms with van der Waals surface area (Å²) in [6, 6.07) is 9.14. The van der Waals surface area contributed by atoms with Gasteiger partial charge in [-0.05, 0) is 5.56 Å². The molecule has 0 aliphatic heterocycles. The number of aliphatic hydroxyl groups is 2. The summed E-state index contributed by atoms with van der Waals surface area (Å²) in [7, 11) is 1.47. The molecule has 0 bridgehead atoms. The Kier molecular flexibility index (Phi) is 3.89. The maximum absolute atomic E-state index is 9.70. The molecule has 0 aliphatic carbocycles. The lowest BCUT2D eigenvalue weighted by Gasteiger charge is -2.19. The maximum atomic E-state index is 9.70. The molecule has 0 unspecified atom stereocenters. The van der Waals surface area contributed by atoms with E-state index >= 15 is 0 Å². The second-order valence-corrected chi connectivity index (χ2v) is 2.81. The van der Waals surface area contributed by atoms with Gasteiger partial charge in [0.1, 0.15) is 12.2 Å². The zero-order valence-corrected chi connectivity index (χ0v) is 7.55. The number of ether oxygens (including phenoxy) is 1. The molecule has 0 aromatic heterocycles. The fourth-order valence-electron chi connectivity index (χ4n) is 1.17. The third-order valence-corrected chi connectivity index (χ3v) is 1.98. The van der Waals surface area contributed by atoms with Crippen molar-refractivity contribution in [2.24, 2.45) is 0 Å². The Morgan fingerprint density at radius 1 is 1.31 bits per heavy atom. The Bertz CT molecular complexity index is 231. The zero-order chi connectivity index (χ0) is 9.68. The average Bonchev–Trinajstić information content (AvgIpc) is 2.21. The molecule has 0 aliphatic rings. The van der Waals surface area contributed by atoms with Crippen molar-refractivity contribution in [1.29, 1.82) is 0 Å². The van der Waals surface area contributed by atoms with E-state index in [1.807, 2.05) is 18.2 Å². The van der Waals surface area contributed by atoms with E-state index in [1.54, 1.807) is 12.1 Å². The van der Waals surface area contributed by atoms with Gasteiger partial charge in [-0.25, -0.2) is 0 Å². The fourth-order valence-corrected chi connectivity index (χ4v) is 1.17. The Labute approximate surface area is 77.6 Å². The van der Waals surface area contributed by atoms with E-state index in [0.717, 1.165) is 5.56 Å². The molecule has 1 rings (SSSR count). The first-order valence-electron chi connectivity index (χ1n) is 4.16. The minimum Gasteiger partial charge on any atom is -0.394 e. The van der Waals surface area contributed by atoms with E-state index < -0.39 is 12.2 Å². The van der Waals surface area contributed by atoms with Crippen LogP contribution in [0.15, 0.2) is 30.3 Å². The number of aliphatic hydroxyl groups excluding tert-OH is 2. The second-order valence-electron chi connectivity index (χ2n) is 2.81. The van der Waals surface area contributed by atoms with Gasteiger partial charge in [0.25, 0.3) is 0 Å². The summed E-state index contributed by atoms with van der Waals surface area (Å²) in [6.07, 6.45) is -1.32. The van der Waals surface area contributed by atoms with Gasteiger partial charge < -0.3 is 14.9 Å². The number of rotatable bonds is 4. The SMILES string of the molecule is CO[C@H](CO)[C@@H](O)c1ccccc1. The average molecular weight is 182 g/mol. The van der Waals surface area contributed by atoms with Crippen LogP contribution in [0.3, 0.4) is 0 Å². The van der Waals surface area contributed by atoms with Crippen LogP contribution in [0.2, 0.25) is 0 Å². The Balaban J connectivity index is 2.72. The summed E-state index contributed by atoms with van der Waals surface area (Å²) >= 11 is 0. The number of benzene rings is 1. The topological polar surface area (TPSA) is 49.7 Å². The number of hydrogen-bond donors (Lipinski definition) is 2. The van der Waals surface area contributed by atoms with E-state index in [-0.39, 0.29) is 6.61 Å². The van der Waals surface area contributed by atoms with Crippen LogP contribution < -0.4 is 0 Å². The molecule has 3 heteroatoms. The number of methoxy groups -OCH3 is 1. The molecule has 3 nitrogen and oxygen atoms in total. The Morgan fingerprint density at radius 2 is 1.92 bits per heavy atom. The van der Waals surface area contributed by atoms with E-state index in [9.17, 15) is 5.11 Å². The predicted molar refractivity (Wildman–Crippen MR) is 49.3 cm³/mol. The zero-order valence-electron chi connectivity index (χ0n) is 7.55. The van der Waals surface area contributed by atoms with Gasteiger partial charge in [-0.2, -0.15) is 0 Å². The smallest absolute Gasteiger partial charge is 0.110 e. The van der Waals surface area contributed by atoms with Gasteiger partial charge in [0.15, 0.2) is 0 Å². The van der Waals surface area contributed by atoms with Crippen molar-refractivity contribution < 1.29 is 14.9 Å². The highest BCUT2D eigenvalue weighted by atomic mass is 16.5. The van der Waals surface area contributed by atoms with Gasteiger partial charge in [0, 0.05) is 7.11 Å². The van der Waals surface area contributed by atoms with Gasteiger partial charge >= 0.3 is 0 Å². The molecular formula is C10H14O3. The van der Waals surface area contributed by atoms with Crippen molar-refractivity contribution in [3.8, 4) is 0 Å². The van der Waals surface area contributed by atoms with Gasteiger partial charge in [0.05, 0.1) is 6.61 Å². The maximum Gasteiger partial charge on any atom is 0.110 e. The molecular weight excluding hydrogens is 168 g/mol. The largest absolute Gasteiger partial charge is 0.394 e. The van der Waals surface area contributed by atoms with Crippen molar-refractivity contribution in [3.05, 3.63) is 35.9 Å². The van der Waals surface area contributed by atoms with Gasteiger partial charge in [-0.3, -0.25) is 0 Å². The van der Waals surface area contributed by atoms with Crippen LogP contribution in [-0.4, -0.2) is 30.0 Å². The lowest BCUT2D eigenvalue weighted by atomic mass is 10.1. The fraction of sp³-hybridized carbons (Fsp3) is 0.400. The van der Waals surface area contributed by atoms with Gasteiger partial charge in [0.2, 0.25) is 0 Å². The van der Waals surface area contributed by atoms with Crippen molar-refractivity contribution in [2.45, 2.75) is 12.2 Å². The van der Waals surface area contributed by atoms with Crippen LogP contribution in [0.1, 0.15) is 11.7 Å². The molecule has 13 heavy (non-hydrogen) atoms. The molecule has 0 fully saturated rings. The summed E-state index contributed by atoms with van der Waals surface area (Å²) in [5.41, 5.74) is 0.753. The van der Waals surface area contributed by atoms with E-state index in [0.29, 0.717) is 0 Å². The first kappa shape index (κ1) is 10.2. The molecule has 1 aromatic rings. The van der Waals surface area contributed by atoms with E-state index in [4.69, 9.17) is 9.84 Å². The lowest BCUT2D eigenvalue weighted by Crippen LogP contribution is -2.24. The summed E-state index contributed by atoms with van der Waals surface area (Å²) in [6.45, 7) is -0.188. The Morgan fingerprint density at radius 3 is 2.38 bits per heavy atom. The third-order valence-electron chi connectivity index (χ3n) is 1.98. The molecule has 2 N–H and O–H groups in total. The molecule has 0 radical (unpaired) electrons. The summed E-state index contributed by atoms with van der Waals surface area (Å²) in [4.78, 5) is 0. The van der Waals surface area contributed by atoms with Crippen molar-refractivity contribution in [3.63, 3.8) is 0 Å². The molecule has 72 valence electrons. The molecule has 0 saturated carbocycles. The summed E-state index contributed by atoms with van der Waals surface area (Å²) in [5.74, 6) is 0. The van der Waals surface area contributed by atoms with Crippen molar-refractivity contribution in [2.75, 3.05) is 13.7 Å². The molecule has 0 saturated heterocycles. The quantitative estimate of drug-likeness (QED) is 0.721. The monoisotopic (exact) mass is 182 g/mol. The van der Waals surface area contributed by atoms with Crippen LogP contribution in [0, 0.1) is 0 Å². The molecule has 2 atom stereocenters. The minimum atomic E-state index is -0.767. The van der Waals surface area contributed by atoms with Crippen LogP contribution in [0.5, 0.6) is 0 Å². The van der Waals surface area contributed by atoms with Crippen molar-refractivity contribution >= 4 is 0 Å². The normalized spacial score (nSPS) is 15.3. The second kappa shape index (κ2) is 4.97. The first-order valence-corrected chi connectivity index (χ1v) is 4.16. The van der Waals surface area contributed by atoms with Crippen LogP contribution in [0.25, 0.3) is 0 Å². The molecule has 0 spiro atoms. The van der Waals surface area contributed by atoms with E-state index in [2.05, 4.69) is 0 Å². The number of hydrogen-bond acceptors (Lipinski definition) is 3. The van der Waals surface area contributed by atoms with Gasteiger partial charge in [-0.15, -0.1) is 0 Å². The van der Waals surface area contributed by atoms with Gasteiger partial charge in [-0.1, -0.05) is 30.3 Å². The van der Waals surface area contributed by atoms with E-state index in [1.165, 1.54) is 7.11 Å². The summed E-state index contributed by atoms with van der Waals surface area (Å²) < 4.78 is 4.92. The highest BCUT2D eigenvalue weighted by Crippen LogP contribution is 2.17.